The van der Waals surface area contributed by atoms with Crippen LogP contribution in [-0.4, -0.2) is 57.7 Å². The molecular formula is C59H46F6Ir5N13O2-5. The molecule has 0 spiro atoms. The van der Waals surface area contributed by atoms with Crippen LogP contribution in [0.3, 0.4) is 0 Å². The van der Waals surface area contributed by atoms with E-state index < -0.39 is 28.4 Å². The van der Waals surface area contributed by atoms with Crippen LogP contribution in [0.5, 0.6) is 0 Å². The van der Waals surface area contributed by atoms with Crippen LogP contribution in [0.15, 0.2) is 171 Å². The largest absolute Gasteiger partial charge is 0.399 e. The van der Waals surface area contributed by atoms with Gasteiger partial charge in [-0.15, -0.1) is 136 Å². The van der Waals surface area contributed by atoms with Crippen LogP contribution in [-0.2, 0) is 141 Å². The standard InChI is InChI=1S/C14H10N3.C12H7F6N2.C12H13N2.C11H8N3.C10H8N3O2.5Ir/c1-2-5-12(6-3-1)14-16-9-10-17(14)13-7-4-8-15-11-13;1-20-3-2-19-10(20)7-4-8(11(13,14)15)6-9(5-7)12(16,17)18;1-9-4-5-11(10(2)8-9)12-13-6-7-14(12)3;1-12-10-5-3-4-9(8-10)11-13-6-7-14(11)2;1-12-6-5-11-10(12)8-3-2-4-9(7-8)13(14)15;;;;;/h1-5,7-11H;2-4,6H,1H3;4,6-8H,1-3H3;3,5-8H,2H3;2,4-7H,1H3;;;;;/q5*-1;;;;;. The van der Waals surface area contributed by atoms with Gasteiger partial charge in [-0.25, -0.2) is 0 Å². The molecule has 0 fully saturated rings. The van der Waals surface area contributed by atoms with Crippen molar-refractivity contribution in [2.45, 2.75) is 26.2 Å². The van der Waals surface area contributed by atoms with E-state index in [4.69, 9.17) is 6.57 Å². The summed E-state index contributed by atoms with van der Waals surface area (Å²) in [5, 5.41) is 10.6. The van der Waals surface area contributed by atoms with Crippen molar-refractivity contribution < 1.29 is 132 Å². The number of non-ortho nitro benzene ring substituents is 1. The van der Waals surface area contributed by atoms with Crippen LogP contribution < -0.4 is 0 Å². The Balaban J connectivity index is 0.000000359. The fraction of sp³-hybridized carbons (Fsp3) is 0.136. The summed E-state index contributed by atoms with van der Waals surface area (Å²) in [4.78, 5) is 38.3. The summed E-state index contributed by atoms with van der Waals surface area (Å²) in [5.41, 5.74) is 4.42. The molecule has 0 saturated heterocycles. The van der Waals surface area contributed by atoms with Crippen LogP contribution in [0.2, 0.25) is 0 Å². The number of benzene rings is 5. The molecule has 5 aromatic carbocycles. The monoisotopic (exact) mass is 2050 g/mol. The number of aryl methyl sites for hydroxylation is 6. The number of imidazole rings is 5. The molecule has 0 aliphatic heterocycles. The SMILES string of the molecule is Cc1c[c-]c(-c2nccn2C)c(C)c1.Cn1ccnc1-c1[c-]c(C(F)(F)F)cc(C(F)(F)F)c1.Cn1ccnc1-c1[c-]ccc([N+](=O)[O-])c1.[C-]#[N+]c1cc[c-]c(-c2nccn2C)c1.[Ir].[Ir].[Ir].[Ir].[Ir].[c-]1ccccc1-c1nccn1-c1cccnc1. The Bertz CT molecular complexity index is 3790. The van der Waals surface area contributed by atoms with E-state index in [0.717, 1.165) is 39.9 Å². The third-order valence-electron chi connectivity index (χ3n) is 11.4. The van der Waals surface area contributed by atoms with Crippen molar-refractivity contribution in [1.29, 1.82) is 0 Å². The third kappa shape index (κ3) is 20.3. The van der Waals surface area contributed by atoms with Gasteiger partial charge in [-0.1, -0.05) is 26.0 Å². The van der Waals surface area contributed by atoms with Gasteiger partial charge in [0, 0.05) is 202 Å². The van der Waals surface area contributed by atoms with Crippen LogP contribution >= 0.6 is 0 Å². The molecule has 0 bridgehead atoms. The van der Waals surface area contributed by atoms with E-state index in [-0.39, 0.29) is 124 Å². The molecule has 0 atom stereocenters. The number of pyridine rings is 1. The molecule has 6 aromatic heterocycles. The number of hydrogen-bond acceptors (Lipinski definition) is 8. The number of nitro benzene ring substituents is 1. The normalized spacial score (nSPS) is 10.2. The van der Waals surface area contributed by atoms with Gasteiger partial charge in [0.15, 0.2) is 5.69 Å². The molecule has 85 heavy (non-hydrogen) atoms. The quantitative estimate of drug-likeness (QED) is 0.0662. The Morgan fingerprint density at radius 3 is 1.56 bits per heavy atom. The molecule has 5 radical (unpaired) electrons. The first-order valence-corrected chi connectivity index (χ1v) is 23.8. The van der Waals surface area contributed by atoms with Crippen molar-refractivity contribution in [2.24, 2.45) is 28.2 Å². The molecule has 11 aromatic rings. The second kappa shape index (κ2) is 34.2. The molecule has 6 heterocycles. The Labute approximate surface area is 553 Å². The average Bonchev–Trinajstić information content (AvgIpc) is 3.67. The molecular weight excluding hydrogens is 2000 g/mol. The zero-order valence-electron chi connectivity index (χ0n) is 45.2. The summed E-state index contributed by atoms with van der Waals surface area (Å²) in [6.45, 7) is 11.1. The van der Waals surface area contributed by atoms with E-state index >= 15 is 0 Å². The van der Waals surface area contributed by atoms with E-state index in [9.17, 15) is 36.5 Å². The zero-order valence-corrected chi connectivity index (χ0v) is 57.2. The van der Waals surface area contributed by atoms with Gasteiger partial charge in [-0.05, 0) is 23.3 Å². The number of hydrogen-bond donors (Lipinski definition) is 0. The molecule has 0 unspecified atom stereocenters. The number of aromatic nitrogens is 11. The van der Waals surface area contributed by atoms with E-state index in [1.807, 2.05) is 114 Å². The maximum Gasteiger partial charge on any atom is 0.399 e. The number of nitrogens with zero attached hydrogens (tertiary/aromatic N) is 13. The molecule has 0 saturated carbocycles. The smallest absolute Gasteiger partial charge is 0.373 e. The van der Waals surface area contributed by atoms with Crippen LogP contribution in [0.25, 0.3) is 67.5 Å². The predicted octanol–water partition coefficient (Wildman–Crippen LogP) is 13.4. The molecule has 0 N–H and O–H groups in total. The summed E-state index contributed by atoms with van der Waals surface area (Å²) in [5.74, 6) is 3.32. The third-order valence-corrected chi connectivity index (χ3v) is 11.4. The first kappa shape index (κ1) is 74.1. The topological polar surface area (TPSA) is 149 Å². The summed E-state index contributed by atoms with van der Waals surface area (Å²) in [6, 6.07) is 40.5. The Morgan fingerprint density at radius 1 is 0.553 bits per heavy atom. The molecule has 0 aliphatic rings. The fourth-order valence-electron chi connectivity index (χ4n) is 7.57. The Hall–Kier alpha value is -6.98. The fourth-order valence-corrected chi connectivity index (χ4v) is 7.57. The minimum atomic E-state index is -4.92. The maximum atomic E-state index is 12.7. The minimum absolute atomic E-state index is 0. The average molecular weight is 2040 g/mol. The van der Waals surface area contributed by atoms with Crippen molar-refractivity contribution in [1.82, 2.24) is 52.7 Å². The second-order valence-corrected chi connectivity index (χ2v) is 17.3. The van der Waals surface area contributed by atoms with E-state index in [1.54, 1.807) is 53.8 Å². The first-order valence-electron chi connectivity index (χ1n) is 23.8. The molecule has 26 heteroatoms. The first-order chi connectivity index (χ1) is 38.2. The van der Waals surface area contributed by atoms with Crippen molar-refractivity contribution in [2.75, 3.05) is 0 Å². The zero-order chi connectivity index (χ0) is 57.6. The van der Waals surface area contributed by atoms with Crippen LogP contribution in [0, 0.1) is 60.9 Å². The number of rotatable bonds is 7. The summed E-state index contributed by atoms with van der Waals surface area (Å²) < 4.78 is 85.0. The molecule has 15 nitrogen and oxygen atoms in total. The van der Waals surface area contributed by atoms with Gasteiger partial charge in [0.1, 0.15) is 5.69 Å². The van der Waals surface area contributed by atoms with Gasteiger partial charge in [-0.3, -0.25) is 44.9 Å². The van der Waals surface area contributed by atoms with E-state index in [2.05, 4.69) is 78.9 Å². The summed E-state index contributed by atoms with van der Waals surface area (Å²) in [7, 11) is 7.20. The van der Waals surface area contributed by atoms with E-state index in [0.29, 0.717) is 23.1 Å². The van der Waals surface area contributed by atoms with Crippen molar-refractivity contribution in [3.8, 4) is 62.6 Å². The van der Waals surface area contributed by atoms with Crippen molar-refractivity contribution in [3.05, 3.63) is 246 Å². The predicted molar refractivity (Wildman–Crippen MR) is 288 cm³/mol. The van der Waals surface area contributed by atoms with Gasteiger partial charge in [0.25, 0.3) is 0 Å². The molecule has 11 rings (SSSR count). The minimum Gasteiger partial charge on any atom is -0.373 e. The van der Waals surface area contributed by atoms with Gasteiger partial charge in [-0.2, -0.15) is 32.4 Å². The molecule has 451 valence electrons. The van der Waals surface area contributed by atoms with E-state index in [1.165, 1.54) is 53.3 Å². The second-order valence-electron chi connectivity index (χ2n) is 17.3. The number of alkyl halides is 6. The number of halogens is 6. The summed E-state index contributed by atoms with van der Waals surface area (Å²) in [6.07, 6.45) is 10.9. The van der Waals surface area contributed by atoms with Gasteiger partial charge >= 0.3 is 12.4 Å². The van der Waals surface area contributed by atoms with Crippen LogP contribution in [0.4, 0.5) is 37.7 Å². The van der Waals surface area contributed by atoms with Gasteiger partial charge in [0.05, 0.1) is 47.6 Å². The maximum absolute atomic E-state index is 12.7. The van der Waals surface area contributed by atoms with Crippen LogP contribution in [0.1, 0.15) is 22.3 Å². The Morgan fingerprint density at radius 2 is 1.08 bits per heavy atom. The number of nitro groups is 1. The van der Waals surface area contributed by atoms with Crippen molar-refractivity contribution >= 4 is 11.4 Å². The van der Waals surface area contributed by atoms with Crippen molar-refractivity contribution in [3.63, 3.8) is 0 Å². The summed E-state index contributed by atoms with van der Waals surface area (Å²) >= 11 is 0. The molecule has 0 aliphatic carbocycles. The Kier molecular flexibility index (Phi) is 29.9. The van der Waals surface area contributed by atoms with Gasteiger partial charge < -0.3 is 22.8 Å². The molecule has 0 amide bonds. The van der Waals surface area contributed by atoms with Gasteiger partial charge in [0.2, 0.25) is 0 Å².